The number of carbonyl (C=O) groups is 1. The summed E-state index contributed by atoms with van der Waals surface area (Å²) in [7, 11) is 0. The quantitative estimate of drug-likeness (QED) is 0.666. The number of imidazole rings is 1. The van der Waals surface area contributed by atoms with Crippen LogP contribution in [-0.4, -0.2) is 29.0 Å². The molecule has 0 radical (unpaired) electrons. The molecule has 5 nitrogen and oxygen atoms in total. The number of rotatable bonds is 7. The normalized spacial score (nSPS) is 10.7. The van der Waals surface area contributed by atoms with E-state index in [0.29, 0.717) is 13.0 Å². The van der Waals surface area contributed by atoms with Crippen LogP contribution in [0.25, 0.3) is 10.6 Å². The van der Waals surface area contributed by atoms with Crippen LogP contribution in [0.15, 0.2) is 36.0 Å². The maximum absolute atomic E-state index is 12.1. The number of ether oxygens (including phenoxy) is 1. The molecule has 136 valence electrons. The molecule has 0 aliphatic rings. The topological polar surface area (TPSA) is 67.0 Å². The molecule has 3 aromatic rings. The third-order valence-electron chi connectivity index (χ3n) is 4.39. The highest BCUT2D eigenvalue weighted by Crippen LogP contribution is 2.26. The fraction of sp³-hybridized carbons (Fsp3) is 0.300. The molecule has 2 N–H and O–H groups in total. The zero-order chi connectivity index (χ0) is 18.5. The van der Waals surface area contributed by atoms with E-state index in [4.69, 9.17) is 4.74 Å². The maximum Gasteiger partial charge on any atom is 0.257 e. The molecule has 0 unspecified atom stereocenters. The molecule has 1 amide bonds. The Morgan fingerprint density at radius 1 is 1.23 bits per heavy atom. The number of aryl methyl sites for hydroxylation is 2. The summed E-state index contributed by atoms with van der Waals surface area (Å²) in [6.07, 6.45) is 2.39. The highest BCUT2D eigenvalue weighted by Gasteiger charge is 2.11. The lowest BCUT2D eigenvalue weighted by Crippen LogP contribution is -2.31. The number of nitrogens with one attached hydrogen (secondary N) is 2. The lowest BCUT2D eigenvalue weighted by atomic mass is 10.1. The van der Waals surface area contributed by atoms with Crippen molar-refractivity contribution in [2.24, 2.45) is 0 Å². The number of amides is 1. The summed E-state index contributed by atoms with van der Waals surface area (Å²) in [5, 5.41) is 4.94. The van der Waals surface area contributed by atoms with Crippen LogP contribution in [0.3, 0.4) is 0 Å². The number of aromatic nitrogens is 2. The second-order valence-corrected chi connectivity index (χ2v) is 7.20. The van der Waals surface area contributed by atoms with Gasteiger partial charge in [-0.1, -0.05) is 18.2 Å². The van der Waals surface area contributed by atoms with Crippen LogP contribution in [0.2, 0.25) is 0 Å². The Morgan fingerprint density at radius 3 is 2.81 bits per heavy atom. The third-order valence-corrected chi connectivity index (χ3v) is 5.27. The van der Waals surface area contributed by atoms with E-state index in [-0.39, 0.29) is 12.5 Å². The number of hydrogen-bond donors (Lipinski definition) is 2. The molecule has 1 aromatic carbocycles. The number of carbonyl (C=O) groups excluding carboxylic acids is 1. The maximum atomic E-state index is 12.1. The van der Waals surface area contributed by atoms with E-state index in [9.17, 15) is 4.79 Å². The second kappa shape index (κ2) is 8.19. The standard InChI is InChI=1S/C20H23N3O2S/c1-13-6-7-14(2)20(15(13)3)25-11-18(24)21-9-8-16-19(23-12-22-16)17-5-4-10-26-17/h4-7,10,12H,8-9,11H2,1-3H3,(H,21,24)(H,22,23). The molecule has 26 heavy (non-hydrogen) atoms. The van der Waals surface area contributed by atoms with Gasteiger partial charge in [-0.15, -0.1) is 11.3 Å². The summed E-state index contributed by atoms with van der Waals surface area (Å²) in [5.74, 6) is 0.677. The van der Waals surface area contributed by atoms with Gasteiger partial charge in [0.1, 0.15) is 11.4 Å². The molecular weight excluding hydrogens is 346 g/mol. The van der Waals surface area contributed by atoms with Gasteiger partial charge in [0.15, 0.2) is 6.61 Å². The Morgan fingerprint density at radius 2 is 2.04 bits per heavy atom. The lowest BCUT2D eigenvalue weighted by Gasteiger charge is -2.13. The minimum atomic E-state index is -0.123. The molecule has 2 heterocycles. The van der Waals surface area contributed by atoms with Crippen molar-refractivity contribution < 1.29 is 9.53 Å². The minimum absolute atomic E-state index is 0.0197. The van der Waals surface area contributed by atoms with Crippen LogP contribution in [-0.2, 0) is 11.2 Å². The van der Waals surface area contributed by atoms with Gasteiger partial charge in [-0.05, 0) is 48.9 Å². The van der Waals surface area contributed by atoms with E-state index in [1.165, 1.54) is 0 Å². The van der Waals surface area contributed by atoms with Crippen molar-refractivity contribution in [2.45, 2.75) is 27.2 Å². The van der Waals surface area contributed by atoms with E-state index in [0.717, 1.165) is 38.7 Å². The molecule has 0 aliphatic heterocycles. The fourth-order valence-electron chi connectivity index (χ4n) is 2.80. The third kappa shape index (κ3) is 4.14. The van der Waals surface area contributed by atoms with Gasteiger partial charge in [0.05, 0.1) is 11.2 Å². The van der Waals surface area contributed by atoms with Gasteiger partial charge < -0.3 is 15.0 Å². The van der Waals surface area contributed by atoms with E-state index in [1.54, 1.807) is 17.7 Å². The zero-order valence-electron chi connectivity index (χ0n) is 15.3. The van der Waals surface area contributed by atoms with Gasteiger partial charge in [0.2, 0.25) is 0 Å². The average Bonchev–Trinajstić information content (AvgIpc) is 3.29. The summed E-state index contributed by atoms with van der Waals surface area (Å²) in [5.41, 5.74) is 5.26. The van der Waals surface area contributed by atoms with E-state index in [2.05, 4.69) is 21.4 Å². The molecule has 6 heteroatoms. The minimum Gasteiger partial charge on any atom is -0.483 e. The number of nitrogens with zero attached hydrogens (tertiary/aromatic N) is 1. The zero-order valence-corrected chi connectivity index (χ0v) is 16.1. The molecule has 0 fully saturated rings. The molecule has 0 atom stereocenters. The summed E-state index contributed by atoms with van der Waals surface area (Å²) in [6.45, 7) is 6.60. The van der Waals surface area contributed by atoms with Crippen LogP contribution in [0.5, 0.6) is 5.75 Å². The van der Waals surface area contributed by atoms with Gasteiger partial charge in [0, 0.05) is 18.7 Å². The molecular formula is C20H23N3O2S. The Kier molecular flexibility index (Phi) is 5.73. The van der Waals surface area contributed by atoms with Crippen LogP contribution in [0, 0.1) is 20.8 Å². The largest absolute Gasteiger partial charge is 0.483 e. The SMILES string of the molecule is Cc1ccc(C)c(OCC(=O)NCCc2[nH]cnc2-c2cccs2)c1C. The monoisotopic (exact) mass is 369 g/mol. The van der Waals surface area contributed by atoms with E-state index < -0.39 is 0 Å². The lowest BCUT2D eigenvalue weighted by molar-refractivity contribution is -0.123. The molecule has 0 saturated carbocycles. The average molecular weight is 369 g/mol. The fourth-order valence-corrected chi connectivity index (χ4v) is 3.55. The van der Waals surface area contributed by atoms with Crippen LogP contribution in [0.4, 0.5) is 0 Å². The van der Waals surface area contributed by atoms with E-state index in [1.807, 2.05) is 44.4 Å². The molecule has 0 bridgehead atoms. The summed E-state index contributed by atoms with van der Waals surface area (Å²) >= 11 is 1.65. The number of aromatic amines is 1. The first-order valence-corrected chi connectivity index (χ1v) is 9.46. The Bertz CT molecular complexity index is 885. The smallest absolute Gasteiger partial charge is 0.257 e. The van der Waals surface area contributed by atoms with Crippen molar-refractivity contribution in [3.63, 3.8) is 0 Å². The molecule has 0 aliphatic carbocycles. The first-order chi connectivity index (χ1) is 12.6. The first kappa shape index (κ1) is 18.2. The van der Waals surface area contributed by atoms with E-state index >= 15 is 0 Å². The Balaban J connectivity index is 1.50. The predicted molar refractivity (Wildman–Crippen MR) is 105 cm³/mol. The van der Waals surface area contributed by atoms with Crippen LogP contribution in [0.1, 0.15) is 22.4 Å². The van der Waals surface area contributed by atoms with Gasteiger partial charge in [0.25, 0.3) is 5.91 Å². The molecule has 0 spiro atoms. The highest BCUT2D eigenvalue weighted by atomic mass is 32.1. The van der Waals surface area contributed by atoms with Crippen molar-refractivity contribution in [3.8, 4) is 16.3 Å². The Labute approximate surface area is 157 Å². The highest BCUT2D eigenvalue weighted by molar-refractivity contribution is 7.13. The summed E-state index contributed by atoms with van der Waals surface area (Å²) < 4.78 is 5.75. The first-order valence-electron chi connectivity index (χ1n) is 8.58. The second-order valence-electron chi connectivity index (χ2n) is 6.25. The summed E-state index contributed by atoms with van der Waals surface area (Å²) in [6, 6.07) is 8.13. The molecule has 0 saturated heterocycles. The van der Waals surface area contributed by atoms with Crippen molar-refractivity contribution in [2.75, 3.05) is 13.2 Å². The van der Waals surface area contributed by atoms with Crippen LogP contribution >= 0.6 is 11.3 Å². The number of thiophene rings is 1. The van der Waals surface area contributed by atoms with Gasteiger partial charge >= 0.3 is 0 Å². The van der Waals surface area contributed by atoms with Gasteiger partial charge in [-0.3, -0.25) is 4.79 Å². The van der Waals surface area contributed by atoms with Crippen molar-refractivity contribution in [1.29, 1.82) is 0 Å². The summed E-state index contributed by atoms with van der Waals surface area (Å²) in [4.78, 5) is 20.8. The van der Waals surface area contributed by atoms with Crippen LogP contribution < -0.4 is 10.1 Å². The number of benzene rings is 1. The Hall–Kier alpha value is -2.60. The molecule has 3 rings (SSSR count). The van der Waals surface area contributed by atoms with Gasteiger partial charge in [-0.25, -0.2) is 4.98 Å². The number of hydrogen-bond acceptors (Lipinski definition) is 4. The predicted octanol–water partition coefficient (Wildman–Crippen LogP) is 3.80. The number of H-pyrrole nitrogens is 1. The molecule has 2 aromatic heterocycles. The van der Waals surface area contributed by atoms with Crippen molar-refractivity contribution in [3.05, 3.63) is 58.4 Å². The van der Waals surface area contributed by atoms with Crippen molar-refractivity contribution >= 4 is 17.2 Å². The van der Waals surface area contributed by atoms with Gasteiger partial charge in [-0.2, -0.15) is 0 Å². The van der Waals surface area contributed by atoms with Crippen molar-refractivity contribution in [1.82, 2.24) is 15.3 Å².